The number of aliphatic carboxylic acids is 1. The molecule has 0 bridgehead atoms. The van der Waals surface area contributed by atoms with Gasteiger partial charge in [-0.15, -0.1) is 0 Å². The van der Waals surface area contributed by atoms with Crippen LogP contribution in [0.25, 0.3) is 0 Å². The van der Waals surface area contributed by atoms with E-state index in [1.807, 2.05) is 0 Å². The quantitative estimate of drug-likeness (QED) is 0.646. The number of carboxylic acid groups (broad SMARTS) is 1. The molecule has 1 aliphatic heterocycles. The van der Waals surface area contributed by atoms with E-state index < -0.39 is 16.0 Å². The highest BCUT2D eigenvalue weighted by Crippen LogP contribution is 2.19. The highest BCUT2D eigenvalue weighted by atomic mass is 32.2. The number of nitrogens with one attached hydrogen (secondary N) is 1. The van der Waals surface area contributed by atoms with Crippen molar-refractivity contribution in [2.45, 2.75) is 32.6 Å². The van der Waals surface area contributed by atoms with Gasteiger partial charge in [-0.2, -0.15) is 0 Å². The lowest BCUT2D eigenvalue weighted by Crippen LogP contribution is -2.46. The fraction of sp³-hybridized carbons (Fsp3) is 0.833. The Morgan fingerprint density at radius 3 is 2.70 bits per heavy atom. The Morgan fingerprint density at radius 2 is 2.10 bits per heavy atom. The predicted molar refractivity (Wildman–Crippen MR) is 73.6 cm³/mol. The first-order chi connectivity index (χ1) is 9.36. The molecule has 0 aromatic heterocycles. The molecule has 1 unspecified atom stereocenters. The van der Waals surface area contributed by atoms with Gasteiger partial charge in [-0.3, -0.25) is 9.59 Å². The minimum atomic E-state index is -3.25. The van der Waals surface area contributed by atoms with Gasteiger partial charge in [-0.25, -0.2) is 12.7 Å². The van der Waals surface area contributed by atoms with E-state index in [2.05, 4.69) is 5.32 Å². The van der Waals surface area contributed by atoms with Crippen molar-refractivity contribution in [1.29, 1.82) is 0 Å². The summed E-state index contributed by atoms with van der Waals surface area (Å²) in [7, 11) is -3.25. The van der Waals surface area contributed by atoms with E-state index in [4.69, 9.17) is 5.11 Å². The number of rotatable bonds is 7. The summed E-state index contributed by atoms with van der Waals surface area (Å²) in [5, 5.41) is 11.2. The largest absolute Gasteiger partial charge is 0.481 e. The third-order valence-electron chi connectivity index (χ3n) is 3.38. The first-order valence-electron chi connectivity index (χ1n) is 6.84. The number of piperidine rings is 1. The number of sulfonamides is 1. The molecule has 1 amide bonds. The second-order valence-electron chi connectivity index (χ2n) is 4.89. The molecular formula is C12H22N2O5S. The molecule has 1 aliphatic rings. The summed E-state index contributed by atoms with van der Waals surface area (Å²) in [6.07, 6.45) is 1.74. The smallest absolute Gasteiger partial charge is 0.303 e. The SMILES string of the molecule is CCS(=O)(=O)N1CCCC(C(=O)NCCCC(=O)O)C1. The molecule has 1 saturated heterocycles. The van der Waals surface area contributed by atoms with Crippen molar-refractivity contribution in [1.82, 2.24) is 9.62 Å². The molecule has 116 valence electrons. The lowest BCUT2D eigenvalue weighted by Gasteiger charge is -2.30. The molecule has 8 heteroatoms. The van der Waals surface area contributed by atoms with Crippen molar-refractivity contribution in [3.8, 4) is 0 Å². The molecule has 0 aliphatic carbocycles. The van der Waals surface area contributed by atoms with Gasteiger partial charge in [0.25, 0.3) is 0 Å². The maximum Gasteiger partial charge on any atom is 0.303 e. The van der Waals surface area contributed by atoms with Crippen LogP contribution in [-0.2, 0) is 19.6 Å². The van der Waals surface area contributed by atoms with Crippen molar-refractivity contribution < 1.29 is 23.1 Å². The fourth-order valence-corrected chi connectivity index (χ4v) is 3.37. The Labute approximate surface area is 119 Å². The second kappa shape index (κ2) is 7.58. The summed E-state index contributed by atoms with van der Waals surface area (Å²) in [5.74, 6) is -1.38. The van der Waals surface area contributed by atoms with Crippen molar-refractivity contribution in [2.24, 2.45) is 5.92 Å². The minimum absolute atomic E-state index is 0.0152. The fourth-order valence-electron chi connectivity index (χ4n) is 2.19. The molecule has 2 N–H and O–H groups in total. The number of nitrogens with zero attached hydrogens (tertiary/aromatic N) is 1. The topological polar surface area (TPSA) is 104 Å². The lowest BCUT2D eigenvalue weighted by atomic mass is 9.99. The van der Waals surface area contributed by atoms with E-state index in [1.165, 1.54) is 4.31 Å². The van der Waals surface area contributed by atoms with E-state index in [9.17, 15) is 18.0 Å². The number of amides is 1. The third kappa shape index (κ3) is 5.09. The van der Waals surface area contributed by atoms with Gasteiger partial charge < -0.3 is 10.4 Å². The van der Waals surface area contributed by atoms with Crippen molar-refractivity contribution >= 4 is 21.9 Å². The highest BCUT2D eigenvalue weighted by molar-refractivity contribution is 7.89. The van der Waals surface area contributed by atoms with Crippen molar-refractivity contribution in [3.63, 3.8) is 0 Å². The third-order valence-corrected chi connectivity index (χ3v) is 5.23. The predicted octanol–water partition coefficient (Wildman–Crippen LogP) is 0.0291. The summed E-state index contributed by atoms with van der Waals surface area (Å²) in [4.78, 5) is 22.3. The number of hydrogen-bond donors (Lipinski definition) is 2. The van der Waals surface area contributed by atoms with E-state index in [0.29, 0.717) is 32.4 Å². The van der Waals surface area contributed by atoms with Crippen LogP contribution in [0.5, 0.6) is 0 Å². The van der Waals surface area contributed by atoms with Crippen LogP contribution in [0.2, 0.25) is 0 Å². The molecule has 0 radical (unpaired) electrons. The van der Waals surface area contributed by atoms with Crippen LogP contribution in [0.4, 0.5) is 0 Å². The van der Waals surface area contributed by atoms with Crippen LogP contribution < -0.4 is 5.32 Å². The van der Waals surface area contributed by atoms with E-state index in [-0.39, 0.29) is 30.5 Å². The van der Waals surface area contributed by atoms with Crippen molar-refractivity contribution in [3.05, 3.63) is 0 Å². The minimum Gasteiger partial charge on any atom is -0.481 e. The van der Waals surface area contributed by atoms with Crippen molar-refractivity contribution in [2.75, 3.05) is 25.4 Å². The number of carbonyl (C=O) groups excluding carboxylic acids is 1. The average Bonchev–Trinajstić information content (AvgIpc) is 2.43. The Kier molecular flexibility index (Phi) is 6.41. The maximum absolute atomic E-state index is 11.9. The molecule has 1 rings (SSSR count). The summed E-state index contributed by atoms with van der Waals surface area (Å²) in [6.45, 7) is 2.59. The molecule has 0 saturated carbocycles. The van der Waals surface area contributed by atoms with Gasteiger partial charge in [0, 0.05) is 26.1 Å². The Morgan fingerprint density at radius 1 is 1.40 bits per heavy atom. The van der Waals surface area contributed by atoms with Crippen LogP contribution >= 0.6 is 0 Å². The average molecular weight is 306 g/mol. The molecule has 20 heavy (non-hydrogen) atoms. The zero-order valence-electron chi connectivity index (χ0n) is 11.7. The van der Waals surface area contributed by atoms with Crippen LogP contribution in [0.1, 0.15) is 32.6 Å². The lowest BCUT2D eigenvalue weighted by molar-refractivity contribution is -0.137. The molecule has 1 atom stereocenters. The Bertz CT molecular complexity index is 449. The van der Waals surface area contributed by atoms with Crippen LogP contribution in [0.3, 0.4) is 0 Å². The van der Waals surface area contributed by atoms with E-state index >= 15 is 0 Å². The highest BCUT2D eigenvalue weighted by Gasteiger charge is 2.31. The molecule has 0 aromatic carbocycles. The molecule has 1 heterocycles. The summed E-state index contributed by atoms with van der Waals surface area (Å²) < 4.78 is 24.9. The monoisotopic (exact) mass is 306 g/mol. The second-order valence-corrected chi connectivity index (χ2v) is 7.14. The summed E-state index contributed by atoms with van der Waals surface area (Å²) in [5.41, 5.74) is 0. The van der Waals surface area contributed by atoms with Gasteiger partial charge in [0.15, 0.2) is 0 Å². The van der Waals surface area contributed by atoms with Gasteiger partial charge in [0.05, 0.1) is 11.7 Å². The van der Waals surface area contributed by atoms with Crippen LogP contribution in [0, 0.1) is 5.92 Å². The summed E-state index contributed by atoms with van der Waals surface area (Å²) >= 11 is 0. The van der Waals surface area contributed by atoms with Crippen LogP contribution in [-0.4, -0.2) is 55.1 Å². The molecular weight excluding hydrogens is 284 g/mol. The standard InChI is InChI=1S/C12H22N2O5S/c1-2-20(18,19)14-8-4-5-10(9-14)12(17)13-7-3-6-11(15)16/h10H,2-9H2,1H3,(H,13,17)(H,15,16). The zero-order valence-corrected chi connectivity index (χ0v) is 12.5. The Hall–Kier alpha value is -1.15. The molecule has 7 nitrogen and oxygen atoms in total. The number of hydrogen-bond acceptors (Lipinski definition) is 4. The molecule has 0 spiro atoms. The van der Waals surface area contributed by atoms with Gasteiger partial charge in [0.1, 0.15) is 0 Å². The number of carboxylic acids is 1. The number of carbonyl (C=O) groups is 2. The van der Waals surface area contributed by atoms with Gasteiger partial charge in [-0.1, -0.05) is 0 Å². The first-order valence-corrected chi connectivity index (χ1v) is 8.45. The van der Waals surface area contributed by atoms with Gasteiger partial charge in [-0.05, 0) is 26.2 Å². The van der Waals surface area contributed by atoms with E-state index in [1.54, 1.807) is 6.92 Å². The van der Waals surface area contributed by atoms with E-state index in [0.717, 1.165) is 0 Å². The van der Waals surface area contributed by atoms with Crippen LogP contribution in [0.15, 0.2) is 0 Å². The van der Waals surface area contributed by atoms with Gasteiger partial charge >= 0.3 is 5.97 Å². The normalized spacial score (nSPS) is 20.6. The molecule has 1 fully saturated rings. The maximum atomic E-state index is 11.9. The first kappa shape index (κ1) is 16.9. The zero-order chi connectivity index (χ0) is 15.2. The molecule has 0 aromatic rings. The Balaban J connectivity index is 2.42. The van der Waals surface area contributed by atoms with Gasteiger partial charge in [0.2, 0.25) is 15.9 Å². The summed E-state index contributed by atoms with van der Waals surface area (Å²) in [6, 6.07) is 0.